The molecule has 18 heavy (non-hydrogen) atoms. The Balaban J connectivity index is 1.62. The van der Waals surface area contributed by atoms with Gasteiger partial charge < -0.3 is 19.6 Å². The average Bonchev–Trinajstić information content (AvgIpc) is 2.70. The number of likely N-dealkylation sites (tertiary alicyclic amines) is 1. The van der Waals surface area contributed by atoms with Crippen LogP contribution < -0.4 is 0 Å². The van der Waals surface area contributed by atoms with Crippen LogP contribution in [0.5, 0.6) is 0 Å². The summed E-state index contributed by atoms with van der Waals surface area (Å²) in [6.45, 7) is 7.27. The molecule has 2 aliphatic heterocycles. The molecule has 1 atom stereocenters. The third-order valence-corrected chi connectivity index (χ3v) is 3.76. The van der Waals surface area contributed by atoms with Crippen molar-refractivity contribution < 1.29 is 14.6 Å². The lowest BCUT2D eigenvalue weighted by atomic mass is 10.1. The number of rotatable bonds is 4. The van der Waals surface area contributed by atoms with Gasteiger partial charge in [0.15, 0.2) is 0 Å². The van der Waals surface area contributed by atoms with E-state index in [1.165, 1.54) is 0 Å². The number of hydrogen-bond donors (Lipinski definition) is 1. The van der Waals surface area contributed by atoms with Gasteiger partial charge >= 0.3 is 0 Å². The van der Waals surface area contributed by atoms with Gasteiger partial charge in [-0.1, -0.05) is 0 Å². The van der Waals surface area contributed by atoms with Crippen LogP contribution in [0.3, 0.4) is 0 Å². The number of nitrogens with zero attached hydrogens (tertiary/aromatic N) is 2. The van der Waals surface area contributed by atoms with E-state index in [0.29, 0.717) is 19.6 Å². The Morgan fingerprint density at radius 3 is 2.67 bits per heavy atom. The highest BCUT2D eigenvalue weighted by Gasteiger charge is 2.30. The molecule has 1 amide bonds. The normalized spacial score (nSPS) is 29.8. The first kappa shape index (κ1) is 13.8. The number of hydrogen-bond acceptors (Lipinski definition) is 4. The van der Waals surface area contributed by atoms with Crippen LogP contribution in [0.25, 0.3) is 0 Å². The Kier molecular flexibility index (Phi) is 4.59. The van der Waals surface area contributed by atoms with Gasteiger partial charge in [-0.3, -0.25) is 4.79 Å². The second-order valence-electron chi connectivity index (χ2n) is 5.62. The topological polar surface area (TPSA) is 53.0 Å². The van der Waals surface area contributed by atoms with Crippen molar-refractivity contribution in [1.29, 1.82) is 0 Å². The van der Waals surface area contributed by atoms with Gasteiger partial charge in [0.1, 0.15) is 0 Å². The van der Waals surface area contributed by atoms with Crippen molar-refractivity contribution in [2.45, 2.75) is 31.8 Å². The van der Waals surface area contributed by atoms with Crippen molar-refractivity contribution in [2.75, 3.05) is 45.9 Å². The molecule has 2 saturated heterocycles. The Labute approximate surface area is 109 Å². The van der Waals surface area contributed by atoms with Crippen molar-refractivity contribution in [3.05, 3.63) is 0 Å². The lowest BCUT2D eigenvalue weighted by Gasteiger charge is -2.27. The zero-order valence-corrected chi connectivity index (χ0v) is 11.2. The molecule has 5 nitrogen and oxygen atoms in total. The summed E-state index contributed by atoms with van der Waals surface area (Å²) in [7, 11) is 0. The van der Waals surface area contributed by atoms with Gasteiger partial charge in [-0.25, -0.2) is 0 Å². The predicted octanol–water partition coefficient (Wildman–Crippen LogP) is 0.0821. The Bertz CT molecular complexity index is 288. The summed E-state index contributed by atoms with van der Waals surface area (Å²) in [4.78, 5) is 16.0. The highest BCUT2D eigenvalue weighted by Crippen LogP contribution is 2.20. The molecule has 104 valence electrons. The Hall–Kier alpha value is -0.650. The molecule has 1 unspecified atom stereocenters. The highest BCUT2D eigenvalue weighted by molar-refractivity contribution is 5.76. The van der Waals surface area contributed by atoms with Gasteiger partial charge in [0.25, 0.3) is 0 Å². The average molecular weight is 256 g/mol. The van der Waals surface area contributed by atoms with Gasteiger partial charge in [0, 0.05) is 32.6 Å². The smallest absolute Gasteiger partial charge is 0.222 e. The number of carbonyl (C=O) groups excluding carboxylic acids is 1. The molecule has 2 aliphatic rings. The maximum Gasteiger partial charge on any atom is 0.222 e. The zero-order chi connectivity index (χ0) is 13.0. The van der Waals surface area contributed by atoms with Gasteiger partial charge in [0.2, 0.25) is 5.91 Å². The number of morpholine rings is 1. The first-order valence-electron chi connectivity index (χ1n) is 6.87. The van der Waals surface area contributed by atoms with Gasteiger partial charge in [-0.15, -0.1) is 0 Å². The minimum atomic E-state index is -0.534. The molecule has 0 aliphatic carbocycles. The van der Waals surface area contributed by atoms with E-state index in [1.54, 1.807) is 0 Å². The number of β-amino-alcohol motifs (C(OH)–C–C–N with tert-alkyl or cyclic N) is 1. The Morgan fingerprint density at radius 2 is 2.06 bits per heavy atom. The van der Waals surface area contributed by atoms with Gasteiger partial charge in [0.05, 0.1) is 18.8 Å². The summed E-state index contributed by atoms with van der Waals surface area (Å²) in [6.07, 6.45) is 2.33. The van der Waals surface area contributed by atoms with Gasteiger partial charge in [-0.2, -0.15) is 0 Å². The maximum atomic E-state index is 11.9. The molecule has 0 spiro atoms. The lowest BCUT2D eigenvalue weighted by Crippen LogP contribution is -2.40. The first-order valence-corrected chi connectivity index (χ1v) is 6.87. The van der Waals surface area contributed by atoms with Crippen LogP contribution in [0.1, 0.15) is 26.2 Å². The van der Waals surface area contributed by atoms with Crippen molar-refractivity contribution in [3.63, 3.8) is 0 Å². The number of ether oxygens (including phenoxy) is 1. The molecule has 0 radical (unpaired) electrons. The van der Waals surface area contributed by atoms with Crippen molar-refractivity contribution in [1.82, 2.24) is 9.80 Å². The van der Waals surface area contributed by atoms with Crippen LogP contribution in [0, 0.1) is 0 Å². The fourth-order valence-corrected chi connectivity index (χ4v) is 2.65. The minimum Gasteiger partial charge on any atom is -0.389 e. The van der Waals surface area contributed by atoms with Crippen LogP contribution in [0.4, 0.5) is 0 Å². The predicted molar refractivity (Wildman–Crippen MR) is 68.3 cm³/mol. The molecule has 2 heterocycles. The molecule has 0 bridgehead atoms. The van der Waals surface area contributed by atoms with E-state index in [0.717, 1.165) is 45.6 Å². The van der Waals surface area contributed by atoms with E-state index in [9.17, 15) is 9.90 Å². The summed E-state index contributed by atoms with van der Waals surface area (Å²) >= 11 is 0. The molecule has 1 N–H and O–H groups in total. The molecule has 0 aromatic heterocycles. The number of amides is 1. The van der Waals surface area contributed by atoms with E-state index >= 15 is 0 Å². The molecule has 0 saturated carbocycles. The Morgan fingerprint density at radius 1 is 1.33 bits per heavy atom. The highest BCUT2D eigenvalue weighted by atomic mass is 16.5. The van der Waals surface area contributed by atoms with Crippen LogP contribution >= 0.6 is 0 Å². The maximum absolute atomic E-state index is 11.9. The molecule has 5 heteroatoms. The van der Waals surface area contributed by atoms with E-state index in [1.807, 2.05) is 11.8 Å². The molecule has 0 aromatic rings. The summed E-state index contributed by atoms with van der Waals surface area (Å²) in [5.41, 5.74) is -0.534. The third kappa shape index (κ3) is 3.93. The number of aliphatic hydroxyl groups is 1. The van der Waals surface area contributed by atoms with Crippen molar-refractivity contribution >= 4 is 5.91 Å². The first-order chi connectivity index (χ1) is 8.57. The van der Waals surface area contributed by atoms with E-state index in [4.69, 9.17) is 4.74 Å². The van der Waals surface area contributed by atoms with E-state index in [2.05, 4.69) is 4.90 Å². The largest absolute Gasteiger partial charge is 0.389 e. The monoisotopic (exact) mass is 256 g/mol. The van der Waals surface area contributed by atoms with E-state index < -0.39 is 5.60 Å². The standard InChI is InChI=1S/C13H24N2O3/c1-13(17)4-6-14(11-13)5-2-3-12(16)15-7-9-18-10-8-15/h17H,2-11H2,1H3. The summed E-state index contributed by atoms with van der Waals surface area (Å²) in [5.74, 6) is 0.240. The van der Waals surface area contributed by atoms with Gasteiger partial charge in [-0.05, 0) is 26.3 Å². The van der Waals surface area contributed by atoms with E-state index in [-0.39, 0.29) is 5.91 Å². The van der Waals surface area contributed by atoms with Crippen molar-refractivity contribution in [3.8, 4) is 0 Å². The fourth-order valence-electron chi connectivity index (χ4n) is 2.65. The SMILES string of the molecule is CC1(O)CCN(CCCC(=O)N2CCOCC2)C1. The molecule has 2 fully saturated rings. The lowest BCUT2D eigenvalue weighted by molar-refractivity contribution is -0.135. The molecular formula is C13H24N2O3. The quantitative estimate of drug-likeness (QED) is 0.774. The van der Waals surface area contributed by atoms with Crippen LogP contribution in [0.2, 0.25) is 0 Å². The van der Waals surface area contributed by atoms with Crippen LogP contribution in [-0.4, -0.2) is 72.4 Å². The summed E-state index contributed by atoms with van der Waals surface area (Å²) < 4.78 is 5.23. The van der Waals surface area contributed by atoms with Crippen LogP contribution in [0.15, 0.2) is 0 Å². The zero-order valence-electron chi connectivity index (χ0n) is 11.2. The van der Waals surface area contributed by atoms with Crippen LogP contribution in [-0.2, 0) is 9.53 Å². The number of carbonyl (C=O) groups is 1. The second-order valence-corrected chi connectivity index (χ2v) is 5.62. The molecule has 2 rings (SSSR count). The minimum absolute atomic E-state index is 0.240. The summed E-state index contributed by atoms with van der Waals surface area (Å²) in [6, 6.07) is 0. The van der Waals surface area contributed by atoms with Crippen molar-refractivity contribution in [2.24, 2.45) is 0 Å². The summed E-state index contributed by atoms with van der Waals surface area (Å²) in [5, 5.41) is 9.85. The second kappa shape index (κ2) is 5.99. The third-order valence-electron chi connectivity index (χ3n) is 3.76. The fraction of sp³-hybridized carbons (Fsp3) is 0.923. The molecule has 0 aromatic carbocycles. The molecular weight excluding hydrogens is 232 g/mol.